The lowest BCUT2D eigenvalue weighted by atomic mass is 9.86. The molecule has 0 saturated carbocycles. The van der Waals surface area contributed by atoms with Crippen LogP contribution in [0.15, 0.2) is 22.8 Å². The van der Waals surface area contributed by atoms with E-state index in [0.29, 0.717) is 0 Å². The summed E-state index contributed by atoms with van der Waals surface area (Å²) in [6.45, 7) is 4.63. The standard InChI is InChI=1S/C11H16/c1-8-3-4-10-6-9(2)7-11(10)5-8/h6,8H,3-5,7H2,1-2H3. The maximum absolute atomic E-state index is 2.40. The predicted octanol–water partition coefficient (Wildman–Crippen LogP) is 3.45. The van der Waals surface area contributed by atoms with Gasteiger partial charge in [0.1, 0.15) is 0 Å². The van der Waals surface area contributed by atoms with Crippen molar-refractivity contribution in [2.24, 2.45) is 5.92 Å². The quantitative estimate of drug-likeness (QED) is 0.493. The van der Waals surface area contributed by atoms with Crippen LogP contribution in [0.2, 0.25) is 0 Å². The Morgan fingerprint density at radius 1 is 1.45 bits per heavy atom. The van der Waals surface area contributed by atoms with Gasteiger partial charge in [-0.2, -0.15) is 0 Å². The second kappa shape index (κ2) is 2.51. The molecule has 0 saturated heterocycles. The highest BCUT2D eigenvalue weighted by atomic mass is 14.3. The average molecular weight is 148 g/mol. The fourth-order valence-corrected chi connectivity index (χ4v) is 2.28. The maximum Gasteiger partial charge on any atom is -0.0102 e. The third-order valence-electron chi connectivity index (χ3n) is 2.87. The molecule has 0 N–H and O–H groups in total. The summed E-state index contributed by atoms with van der Waals surface area (Å²) >= 11 is 0. The van der Waals surface area contributed by atoms with Crippen LogP contribution in [0.4, 0.5) is 0 Å². The first kappa shape index (κ1) is 7.15. The maximum atomic E-state index is 2.40. The highest BCUT2D eigenvalue weighted by Crippen LogP contribution is 2.37. The molecule has 1 atom stereocenters. The van der Waals surface area contributed by atoms with Crippen LogP contribution >= 0.6 is 0 Å². The van der Waals surface area contributed by atoms with Gasteiger partial charge >= 0.3 is 0 Å². The second-order valence-electron chi connectivity index (χ2n) is 4.14. The molecule has 0 heterocycles. The zero-order valence-electron chi connectivity index (χ0n) is 7.48. The van der Waals surface area contributed by atoms with Gasteiger partial charge in [-0.3, -0.25) is 0 Å². The molecule has 0 heteroatoms. The van der Waals surface area contributed by atoms with Crippen molar-refractivity contribution in [2.75, 3.05) is 0 Å². The molecule has 0 aromatic carbocycles. The molecule has 0 aromatic rings. The molecule has 0 fully saturated rings. The molecule has 2 rings (SSSR count). The van der Waals surface area contributed by atoms with Crippen molar-refractivity contribution in [3.05, 3.63) is 22.8 Å². The lowest BCUT2D eigenvalue weighted by Crippen LogP contribution is -2.03. The number of rotatable bonds is 0. The van der Waals surface area contributed by atoms with Gasteiger partial charge in [-0.25, -0.2) is 0 Å². The molecule has 2 aliphatic carbocycles. The molecule has 0 bridgehead atoms. The first-order valence-electron chi connectivity index (χ1n) is 4.64. The van der Waals surface area contributed by atoms with E-state index in [9.17, 15) is 0 Å². The smallest absolute Gasteiger partial charge is 0.0102 e. The van der Waals surface area contributed by atoms with Crippen LogP contribution in [-0.2, 0) is 0 Å². The van der Waals surface area contributed by atoms with E-state index in [4.69, 9.17) is 0 Å². The SMILES string of the molecule is CC1=CC2=C(C1)CC(C)CC2. The van der Waals surface area contributed by atoms with Crippen molar-refractivity contribution in [1.82, 2.24) is 0 Å². The van der Waals surface area contributed by atoms with Gasteiger partial charge in [-0.05, 0) is 44.1 Å². The second-order valence-corrected chi connectivity index (χ2v) is 4.14. The number of hydrogen-bond acceptors (Lipinski definition) is 0. The first-order valence-corrected chi connectivity index (χ1v) is 4.64. The minimum Gasteiger partial charge on any atom is -0.0690 e. The minimum absolute atomic E-state index is 0.938. The molecule has 2 aliphatic rings. The van der Waals surface area contributed by atoms with Crippen molar-refractivity contribution < 1.29 is 0 Å². The highest BCUT2D eigenvalue weighted by Gasteiger charge is 2.20. The Kier molecular flexibility index (Phi) is 1.63. The van der Waals surface area contributed by atoms with Crippen LogP contribution < -0.4 is 0 Å². The van der Waals surface area contributed by atoms with Crippen LogP contribution in [0.1, 0.15) is 39.5 Å². The summed E-state index contributed by atoms with van der Waals surface area (Å²) < 4.78 is 0. The van der Waals surface area contributed by atoms with E-state index in [2.05, 4.69) is 19.9 Å². The van der Waals surface area contributed by atoms with Gasteiger partial charge in [0.05, 0.1) is 0 Å². The summed E-state index contributed by atoms with van der Waals surface area (Å²) in [5.74, 6) is 0.938. The van der Waals surface area contributed by atoms with E-state index in [-0.39, 0.29) is 0 Å². The molecule has 0 aromatic heterocycles. The molecule has 0 radical (unpaired) electrons. The number of hydrogen-bond donors (Lipinski definition) is 0. The summed E-state index contributed by atoms with van der Waals surface area (Å²) in [5, 5.41) is 0. The van der Waals surface area contributed by atoms with Gasteiger partial charge in [-0.15, -0.1) is 0 Å². The summed E-state index contributed by atoms with van der Waals surface area (Å²) in [6, 6.07) is 0. The van der Waals surface area contributed by atoms with Gasteiger partial charge in [0.25, 0.3) is 0 Å². The fraction of sp³-hybridized carbons (Fsp3) is 0.636. The van der Waals surface area contributed by atoms with Crippen molar-refractivity contribution in [3.8, 4) is 0 Å². The van der Waals surface area contributed by atoms with Gasteiger partial charge in [-0.1, -0.05) is 24.1 Å². The summed E-state index contributed by atoms with van der Waals surface area (Å²) in [5.41, 5.74) is 4.98. The van der Waals surface area contributed by atoms with Crippen molar-refractivity contribution in [3.63, 3.8) is 0 Å². The Morgan fingerprint density at radius 2 is 2.27 bits per heavy atom. The molecule has 0 aliphatic heterocycles. The van der Waals surface area contributed by atoms with Gasteiger partial charge in [0, 0.05) is 0 Å². The van der Waals surface area contributed by atoms with Crippen molar-refractivity contribution >= 4 is 0 Å². The van der Waals surface area contributed by atoms with Crippen molar-refractivity contribution in [1.29, 1.82) is 0 Å². The lowest BCUT2D eigenvalue weighted by molar-refractivity contribution is 0.499. The fourth-order valence-electron chi connectivity index (χ4n) is 2.28. The monoisotopic (exact) mass is 148 g/mol. The largest absolute Gasteiger partial charge is 0.0690 e. The number of allylic oxidation sites excluding steroid dienone is 4. The third-order valence-corrected chi connectivity index (χ3v) is 2.87. The van der Waals surface area contributed by atoms with Crippen molar-refractivity contribution in [2.45, 2.75) is 39.5 Å². The lowest BCUT2D eigenvalue weighted by Gasteiger charge is -2.19. The first-order chi connectivity index (χ1) is 5.25. The zero-order chi connectivity index (χ0) is 7.84. The van der Waals surface area contributed by atoms with Crippen LogP contribution in [-0.4, -0.2) is 0 Å². The molecular formula is C11H16. The van der Waals surface area contributed by atoms with Gasteiger partial charge < -0.3 is 0 Å². The van der Waals surface area contributed by atoms with Gasteiger partial charge in [0.15, 0.2) is 0 Å². The van der Waals surface area contributed by atoms with Crippen LogP contribution in [0.25, 0.3) is 0 Å². The Hall–Kier alpha value is -0.520. The van der Waals surface area contributed by atoms with E-state index in [1.165, 1.54) is 25.7 Å². The zero-order valence-corrected chi connectivity index (χ0v) is 7.48. The molecule has 0 nitrogen and oxygen atoms in total. The van der Waals surface area contributed by atoms with E-state index < -0.39 is 0 Å². The average Bonchev–Trinajstić information content (AvgIpc) is 2.27. The molecule has 0 spiro atoms. The van der Waals surface area contributed by atoms with E-state index >= 15 is 0 Å². The van der Waals surface area contributed by atoms with Crippen LogP contribution in [0, 0.1) is 5.92 Å². The van der Waals surface area contributed by atoms with Crippen LogP contribution in [0.5, 0.6) is 0 Å². The Bertz CT molecular complexity index is 230. The summed E-state index contributed by atoms with van der Waals surface area (Å²) in [6.07, 6.45) is 7.79. The topological polar surface area (TPSA) is 0 Å². The minimum atomic E-state index is 0.938. The summed E-state index contributed by atoms with van der Waals surface area (Å²) in [4.78, 5) is 0. The van der Waals surface area contributed by atoms with Crippen LogP contribution in [0.3, 0.4) is 0 Å². The third kappa shape index (κ3) is 1.26. The molecule has 1 unspecified atom stereocenters. The Labute approximate surface area is 69.0 Å². The molecule has 60 valence electrons. The van der Waals surface area contributed by atoms with E-state index in [0.717, 1.165) is 5.92 Å². The molecular weight excluding hydrogens is 132 g/mol. The van der Waals surface area contributed by atoms with Gasteiger partial charge in [0.2, 0.25) is 0 Å². The Morgan fingerprint density at radius 3 is 3.09 bits per heavy atom. The highest BCUT2D eigenvalue weighted by molar-refractivity contribution is 5.39. The summed E-state index contributed by atoms with van der Waals surface area (Å²) in [7, 11) is 0. The Balaban J connectivity index is 2.18. The normalized spacial score (nSPS) is 30.4. The van der Waals surface area contributed by atoms with E-state index in [1.54, 1.807) is 16.7 Å². The molecule has 11 heavy (non-hydrogen) atoms. The van der Waals surface area contributed by atoms with E-state index in [1.807, 2.05) is 0 Å². The predicted molar refractivity (Wildman–Crippen MR) is 48.4 cm³/mol. The molecule has 0 amide bonds.